The third-order valence-corrected chi connectivity index (χ3v) is 5.10. The average molecular weight is 384 g/mol. The van der Waals surface area contributed by atoms with Gasteiger partial charge >= 0.3 is 6.09 Å². The van der Waals surface area contributed by atoms with E-state index in [1.807, 2.05) is 60.7 Å². The molecule has 0 radical (unpaired) electrons. The summed E-state index contributed by atoms with van der Waals surface area (Å²) in [6.45, 7) is -0.193. The molecule has 3 amide bonds. The van der Waals surface area contributed by atoms with E-state index in [-0.39, 0.29) is 19.1 Å². The number of imide groups is 1. The standard InChI is InChI=1S/C20H20N2O4S/c23-18(11-12-27-16-9-5-2-6-10-16)21-17(15-7-3-1-4-8-15)13-22-19(24)14-26-20(22)25/h1-10,17H,11-14H2,(H,21,23). The zero-order chi connectivity index (χ0) is 19.1. The maximum atomic E-state index is 12.4. The first-order valence-corrected chi connectivity index (χ1v) is 9.61. The van der Waals surface area contributed by atoms with Gasteiger partial charge in [0.2, 0.25) is 5.91 Å². The lowest BCUT2D eigenvalue weighted by Crippen LogP contribution is -2.40. The fraction of sp³-hybridized carbons (Fsp3) is 0.250. The number of carbonyl (C=O) groups excluding carboxylic acids is 3. The third-order valence-electron chi connectivity index (χ3n) is 4.08. The van der Waals surface area contributed by atoms with Crippen LogP contribution >= 0.6 is 11.8 Å². The molecular formula is C20H20N2O4S. The van der Waals surface area contributed by atoms with E-state index in [4.69, 9.17) is 4.74 Å². The first-order valence-electron chi connectivity index (χ1n) is 8.63. The summed E-state index contributed by atoms with van der Waals surface area (Å²) in [6.07, 6.45) is -0.337. The van der Waals surface area contributed by atoms with Gasteiger partial charge in [0, 0.05) is 17.1 Å². The molecule has 1 heterocycles. The molecule has 1 aliphatic rings. The normalized spacial score (nSPS) is 14.7. The van der Waals surface area contributed by atoms with Crippen LogP contribution in [-0.4, -0.2) is 41.7 Å². The van der Waals surface area contributed by atoms with Gasteiger partial charge in [0.05, 0.1) is 12.6 Å². The smallest absolute Gasteiger partial charge is 0.417 e. The second-order valence-corrected chi connectivity index (χ2v) is 7.17. The summed E-state index contributed by atoms with van der Waals surface area (Å²) in [5.74, 6) is 0.115. The molecule has 1 atom stereocenters. The van der Waals surface area contributed by atoms with Crippen LogP contribution in [0.25, 0.3) is 0 Å². The Morgan fingerprint density at radius 3 is 2.37 bits per heavy atom. The number of ether oxygens (including phenoxy) is 1. The number of amides is 3. The van der Waals surface area contributed by atoms with Gasteiger partial charge in [-0.15, -0.1) is 11.8 Å². The molecular weight excluding hydrogens is 364 g/mol. The predicted molar refractivity (Wildman–Crippen MR) is 102 cm³/mol. The number of benzene rings is 2. The van der Waals surface area contributed by atoms with Crippen LogP contribution in [0.4, 0.5) is 4.79 Å². The quantitative estimate of drug-likeness (QED) is 0.708. The lowest BCUT2D eigenvalue weighted by molar-refractivity contribution is -0.127. The zero-order valence-electron chi connectivity index (χ0n) is 14.7. The Morgan fingerprint density at radius 1 is 1.07 bits per heavy atom. The number of nitrogens with one attached hydrogen (secondary N) is 1. The highest BCUT2D eigenvalue weighted by Crippen LogP contribution is 2.20. The lowest BCUT2D eigenvalue weighted by atomic mass is 10.1. The topological polar surface area (TPSA) is 75.7 Å². The van der Waals surface area contributed by atoms with E-state index >= 15 is 0 Å². The van der Waals surface area contributed by atoms with Crippen LogP contribution in [-0.2, 0) is 14.3 Å². The highest BCUT2D eigenvalue weighted by molar-refractivity contribution is 7.99. The van der Waals surface area contributed by atoms with Crippen molar-refractivity contribution in [3.8, 4) is 0 Å². The van der Waals surface area contributed by atoms with E-state index < -0.39 is 18.0 Å². The molecule has 0 aliphatic carbocycles. The van der Waals surface area contributed by atoms with Gasteiger partial charge < -0.3 is 10.1 Å². The number of cyclic esters (lactones) is 1. The molecule has 2 aromatic carbocycles. The van der Waals surface area contributed by atoms with E-state index in [1.54, 1.807) is 11.8 Å². The van der Waals surface area contributed by atoms with Crippen molar-refractivity contribution in [1.29, 1.82) is 0 Å². The SMILES string of the molecule is O=C(CCSc1ccccc1)NC(CN1C(=O)COC1=O)c1ccccc1. The monoisotopic (exact) mass is 384 g/mol. The van der Waals surface area contributed by atoms with Crippen LogP contribution in [0.3, 0.4) is 0 Å². The van der Waals surface area contributed by atoms with E-state index in [0.717, 1.165) is 15.4 Å². The highest BCUT2D eigenvalue weighted by atomic mass is 32.2. The third kappa shape index (κ3) is 5.34. The van der Waals surface area contributed by atoms with Gasteiger partial charge in [0.25, 0.3) is 5.91 Å². The number of hydrogen-bond acceptors (Lipinski definition) is 5. The van der Waals surface area contributed by atoms with Gasteiger partial charge in [0.1, 0.15) is 0 Å². The molecule has 0 bridgehead atoms. The molecule has 1 aliphatic heterocycles. The molecule has 0 saturated carbocycles. The number of nitrogens with zero attached hydrogens (tertiary/aromatic N) is 1. The predicted octanol–water partition coefficient (Wildman–Crippen LogP) is 3.01. The Kier molecular flexibility index (Phi) is 6.49. The average Bonchev–Trinajstić information content (AvgIpc) is 3.01. The molecule has 0 aromatic heterocycles. The minimum absolute atomic E-state index is 0.0548. The fourth-order valence-electron chi connectivity index (χ4n) is 2.70. The van der Waals surface area contributed by atoms with E-state index in [2.05, 4.69) is 5.32 Å². The van der Waals surface area contributed by atoms with Gasteiger partial charge in [-0.1, -0.05) is 48.5 Å². The van der Waals surface area contributed by atoms with Crippen LogP contribution < -0.4 is 5.32 Å². The van der Waals surface area contributed by atoms with Crippen LogP contribution in [0.5, 0.6) is 0 Å². The zero-order valence-corrected chi connectivity index (χ0v) is 15.5. The summed E-state index contributed by atoms with van der Waals surface area (Å²) in [4.78, 5) is 38.1. The Bertz CT molecular complexity index is 782. The number of thioether (sulfide) groups is 1. The minimum Gasteiger partial charge on any atom is -0.439 e. The summed E-state index contributed by atoms with van der Waals surface area (Å²) in [6, 6.07) is 18.7. The molecule has 140 valence electrons. The van der Waals surface area contributed by atoms with E-state index in [9.17, 15) is 14.4 Å². The van der Waals surface area contributed by atoms with Gasteiger partial charge in [-0.3, -0.25) is 9.59 Å². The molecule has 1 unspecified atom stereocenters. The summed E-state index contributed by atoms with van der Waals surface area (Å²) >= 11 is 1.61. The maximum absolute atomic E-state index is 12.4. The molecule has 6 nitrogen and oxygen atoms in total. The number of rotatable bonds is 8. The van der Waals surface area contributed by atoms with Gasteiger partial charge in [0.15, 0.2) is 6.61 Å². The van der Waals surface area contributed by atoms with Crippen molar-refractivity contribution < 1.29 is 19.1 Å². The molecule has 1 fully saturated rings. The maximum Gasteiger partial charge on any atom is 0.417 e. The van der Waals surface area contributed by atoms with E-state index in [0.29, 0.717) is 12.2 Å². The molecule has 7 heteroatoms. The summed E-state index contributed by atoms with van der Waals surface area (Å²) in [5.41, 5.74) is 0.828. The Balaban J connectivity index is 1.60. The molecule has 1 saturated heterocycles. The van der Waals surface area contributed by atoms with Gasteiger partial charge in [-0.25, -0.2) is 9.69 Å². The Labute approximate surface area is 161 Å². The summed E-state index contributed by atoms with van der Waals surface area (Å²) in [7, 11) is 0. The minimum atomic E-state index is -0.671. The number of hydrogen-bond donors (Lipinski definition) is 1. The van der Waals surface area contributed by atoms with Crippen molar-refractivity contribution >= 4 is 29.7 Å². The molecule has 2 aromatic rings. The van der Waals surface area contributed by atoms with E-state index in [1.165, 1.54) is 0 Å². The van der Waals surface area contributed by atoms with Crippen molar-refractivity contribution in [1.82, 2.24) is 10.2 Å². The number of carbonyl (C=O) groups is 3. The largest absolute Gasteiger partial charge is 0.439 e. The van der Waals surface area contributed by atoms with Gasteiger partial charge in [-0.05, 0) is 17.7 Å². The van der Waals surface area contributed by atoms with Crippen LogP contribution in [0, 0.1) is 0 Å². The van der Waals surface area contributed by atoms with Crippen molar-refractivity contribution in [2.75, 3.05) is 18.9 Å². The van der Waals surface area contributed by atoms with Crippen molar-refractivity contribution in [2.45, 2.75) is 17.4 Å². The van der Waals surface area contributed by atoms with Crippen LogP contribution in [0.15, 0.2) is 65.6 Å². The Hall–Kier alpha value is -2.80. The molecule has 0 spiro atoms. The lowest BCUT2D eigenvalue weighted by Gasteiger charge is -2.22. The Morgan fingerprint density at radius 2 is 1.74 bits per heavy atom. The second-order valence-electron chi connectivity index (χ2n) is 6.00. The fourth-order valence-corrected chi connectivity index (χ4v) is 3.58. The summed E-state index contributed by atoms with van der Waals surface area (Å²) in [5, 5.41) is 2.93. The second kappa shape index (κ2) is 9.23. The van der Waals surface area contributed by atoms with Crippen molar-refractivity contribution in [3.63, 3.8) is 0 Å². The van der Waals surface area contributed by atoms with Crippen LogP contribution in [0.2, 0.25) is 0 Å². The molecule has 1 N–H and O–H groups in total. The van der Waals surface area contributed by atoms with Crippen LogP contribution in [0.1, 0.15) is 18.0 Å². The molecule has 27 heavy (non-hydrogen) atoms. The van der Waals surface area contributed by atoms with Crippen molar-refractivity contribution in [3.05, 3.63) is 66.2 Å². The highest BCUT2D eigenvalue weighted by Gasteiger charge is 2.33. The first-order chi connectivity index (χ1) is 13.1. The van der Waals surface area contributed by atoms with Gasteiger partial charge in [-0.2, -0.15) is 0 Å². The summed E-state index contributed by atoms with van der Waals surface area (Å²) < 4.78 is 4.75. The van der Waals surface area contributed by atoms with Crippen molar-refractivity contribution in [2.24, 2.45) is 0 Å². The first kappa shape index (κ1) is 19.0. The molecule has 3 rings (SSSR count).